The first-order valence-corrected chi connectivity index (χ1v) is 9.08. The van der Waals surface area contributed by atoms with Gasteiger partial charge >= 0.3 is 7.12 Å². The summed E-state index contributed by atoms with van der Waals surface area (Å²) < 4.78 is 12.3. The first-order chi connectivity index (χ1) is 11.1. The largest absolute Gasteiger partial charge is 0.494 e. The molecule has 0 N–H and O–H groups in total. The molecule has 2 aliphatic heterocycles. The molecule has 6 heteroatoms. The van der Waals surface area contributed by atoms with E-state index >= 15 is 0 Å². The molecule has 2 aliphatic rings. The van der Waals surface area contributed by atoms with Crippen molar-refractivity contribution in [2.24, 2.45) is 0 Å². The van der Waals surface area contributed by atoms with Gasteiger partial charge in [0.2, 0.25) is 0 Å². The average molecular weight is 351 g/mol. The molecule has 0 atom stereocenters. The summed E-state index contributed by atoms with van der Waals surface area (Å²) in [5, 5.41) is 0.782. The highest BCUT2D eigenvalue weighted by Crippen LogP contribution is 2.37. The second-order valence-electron chi connectivity index (χ2n) is 8.05. The van der Waals surface area contributed by atoms with Crippen molar-refractivity contribution in [3.05, 3.63) is 22.7 Å². The van der Waals surface area contributed by atoms with Crippen molar-refractivity contribution in [2.45, 2.75) is 45.8 Å². The molecule has 3 rings (SSSR count). The zero-order valence-electron chi connectivity index (χ0n) is 15.6. The molecule has 0 unspecified atom stereocenters. The molecule has 2 fully saturated rings. The summed E-state index contributed by atoms with van der Waals surface area (Å²) in [5.74, 6) is 0. The van der Waals surface area contributed by atoms with Crippen LogP contribution in [0.25, 0.3) is 0 Å². The van der Waals surface area contributed by atoms with E-state index in [0.717, 1.165) is 42.4 Å². The van der Waals surface area contributed by atoms with Gasteiger partial charge in [0.05, 0.1) is 21.9 Å². The molecule has 0 spiro atoms. The van der Waals surface area contributed by atoms with Crippen molar-refractivity contribution in [1.82, 2.24) is 4.90 Å². The van der Waals surface area contributed by atoms with Gasteiger partial charge in [-0.1, -0.05) is 17.7 Å². The highest BCUT2D eigenvalue weighted by Gasteiger charge is 2.51. The lowest BCUT2D eigenvalue weighted by Gasteiger charge is -2.35. The second kappa shape index (κ2) is 6.20. The maximum Gasteiger partial charge on any atom is 0.494 e. The molecule has 2 heterocycles. The van der Waals surface area contributed by atoms with Gasteiger partial charge in [-0.15, -0.1) is 0 Å². The number of anilines is 1. The summed E-state index contributed by atoms with van der Waals surface area (Å²) in [6.07, 6.45) is 0. The molecule has 4 nitrogen and oxygen atoms in total. The van der Waals surface area contributed by atoms with E-state index in [9.17, 15) is 0 Å². The lowest BCUT2D eigenvalue weighted by Crippen LogP contribution is -2.45. The normalized spacial score (nSPS) is 23.8. The third kappa shape index (κ3) is 3.19. The van der Waals surface area contributed by atoms with Crippen LogP contribution >= 0.6 is 11.6 Å². The second-order valence-corrected chi connectivity index (χ2v) is 8.45. The summed E-state index contributed by atoms with van der Waals surface area (Å²) in [7, 11) is 1.79. The fraction of sp³-hybridized carbons (Fsp3) is 0.667. The van der Waals surface area contributed by atoms with E-state index in [1.807, 2.05) is 6.07 Å². The summed E-state index contributed by atoms with van der Waals surface area (Å²) in [6.45, 7) is 14.5. The molecule has 0 radical (unpaired) electrons. The van der Waals surface area contributed by atoms with E-state index in [0.29, 0.717) is 0 Å². The van der Waals surface area contributed by atoms with Crippen molar-refractivity contribution in [1.29, 1.82) is 0 Å². The van der Waals surface area contributed by atoms with Crippen LogP contribution in [0.4, 0.5) is 5.69 Å². The Labute approximate surface area is 151 Å². The van der Waals surface area contributed by atoms with E-state index in [1.165, 1.54) is 5.56 Å². The van der Waals surface area contributed by atoms with Crippen LogP contribution in [-0.2, 0) is 9.31 Å². The van der Waals surface area contributed by atoms with Crippen LogP contribution in [0.1, 0.15) is 33.3 Å². The molecule has 0 bridgehead atoms. The van der Waals surface area contributed by atoms with Crippen LogP contribution in [0.3, 0.4) is 0 Å². The minimum absolute atomic E-state index is 0.339. The zero-order valence-corrected chi connectivity index (χ0v) is 16.4. The smallest absolute Gasteiger partial charge is 0.399 e. The first-order valence-electron chi connectivity index (χ1n) is 8.70. The Bertz CT molecular complexity index is 588. The molecule has 24 heavy (non-hydrogen) atoms. The molecular formula is C18H28BClN2O2. The molecule has 0 amide bonds. The van der Waals surface area contributed by atoms with Gasteiger partial charge in [-0.2, -0.15) is 0 Å². The Kier molecular flexibility index (Phi) is 4.67. The van der Waals surface area contributed by atoms with E-state index in [1.54, 1.807) is 0 Å². The third-order valence-electron chi connectivity index (χ3n) is 5.62. The minimum Gasteiger partial charge on any atom is -0.399 e. The van der Waals surface area contributed by atoms with Crippen LogP contribution in [-0.4, -0.2) is 56.4 Å². The van der Waals surface area contributed by atoms with Gasteiger partial charge in [-0.3, -0.25) is 0 Å². The van der Waals surface area contributed by atoms with Gasteiger partial charge in [-0.05, 0) is 58.8 Å². The summed E-state index contributed by atoms with van der Waals surface area (Å²) in [5.41, 5.74) is 2.64. The van der Waals surface area contributed by atoms with Crippen molar-refractivity contribution in [3.8, 4) is 0 Å². The van der Waals surface area contributed by atoms with Gasteiger partial charge in [-0.25, -0.2) is 0 Å². The standard InChI is InChI=1S/C18H28BClN2O2/c1-13-11-14(19-23-17(2,3)18(4,5)24-19)12-15(20)16(13)22-9-7-21(6)8-10-22/h11-12H,7-10H2,1-6H3. The van der Waals surface area contributed by atoms with Gasteiger partial charge in [0.15, 0.2) is 0 Å². The number of aryl methyl sites for hydroxylation is 1. The first kappa shape index (κ1) is 18.1. The fourth-order valence-electron chi connectivity index (χ4n) is 3.31. The lowest BCUT2D eigenvalue weighted by atomic mass is 9.78. The SMILES string of the molecule is Cc1cc(B2OC(C)(C)C(C)(C)O2)cc(Cl)c1N1CCN(C)CC1. The summed E-state index contributed by atoms with van der Waals surface area (Å²) >= 11 is 6.66. The Morgan fingerprint density at radius 1 is 1.00 bits per heavy atom. The van der Waals surface area contributed by atoms with Crippen molar-refractivity contribution >= 4 is 29.9 Å². The van der Waals surface area contributed by atoms with Crippen molar-refractivity contribution in [3.63, 3.8) is 0 Å². The van der Waals surface area contributed by atoms with Gasteiger partial charge in [0.1, 0.15) is 0 Å². The van der Waals surface area contributed by atoms with E-state index in [2.05, 4.69) is 57.5 Å². The highest BCUT2D eigenvalue weighted by molar-refractivity contribution is 6.62. The van der Waals surface area contributed by atoms with Gasteiger partial charge < -0.3 is 19.1 Å². The third-order valence-corrected chi connectivity index (χ3v) is 5.91. The lowest BCUT2D eigenvalue weighted by molar-refractivity contribution is 0.00578. The van der Waals surface area contributed by atoms with Crippen LogP contribution < -0.4 is 10.4 Å². The topological polar surface area (TPSA) is 24.9 Å². The summed E-state index contributed by atoms with van der Waals surface area (Å²) in [4.78, 5) is 4.73. The van der Waals surface area contributed by atoms with Crippen LogP contribution in [0.2, 0.25) is 5.02 Å². The predicted octanol–water partition coefficient (Wildman–Crippen LogP) is 2.70. The number of nitrogens with zero attached hydrogens (tertiary/aromatic N) is 2. The van der Waals surface area contributed by atoms with Gasteiger partial charge in [0, 0.05) is 26.2 Å². The van der Waals surface area contributed by atoms with Crippen LogP contribution in [0.15, 0.2) is 12.1 Å². The van der Waals surface area contributed by atoms with Gasteiger partial charge in [0.25, 0.3) is 0 Å². The van der Waals surface area contributed by atoms with Crippen molar-refractivity contribution < 1.29 is 9.31 Å². The molecule has 0 aliphatic carbocycles. The zero-order chi connectivity index (χ0) is 17.7. The minimum atomic E-state index is -0.368. The number of benzene rings is 1. The van der Waals surface area contributed by atoms with Crippen LogP contribution in [0.5, 0.6) is 0 Å². The van der Waals surface area contributed by atoms with Crippen molar-refractivity contribution in [2.75, 3.05) is 38.1 Å². The molecule has 0 saturated carbocycles. The molecule has 2 saturated heterocycles. The molecule has 1 aromatic rings. The number of hydrogen-bond donors (Lipinski definition) is 0. The Morgan fingerprint density at radius 3 is 2.04 bits per heavy atom. The predicted molar refractivity (Wildman–Crippen MR) is 102 cm³/mol. The van der Waals surface area contributed by atoms with Crippen LogP contribution in [0, 0.1) is 6.92 Å². The maximum atomic E-state index is 6.66. The Morgan fingerprint density at radius 2 is 1.54 bits per heavy atom. The van der Waals surface area contributed by atoms with E-state index in [4.69, 9.17) is 20.9 Å². The average Bonchev–Trinajstić information content (AvgIpc) is 2.69. The maximum absolute atomic E-state index is 6.66. The number of halogens is 1. The monoisotopic (exact) mass is 350 g/mol. The molecule has 132 valence electrons. The number of hydrogen-bond acceptors (Lipinski definition) is 4. The molecule has 0 aromatic heterocycles. The number of likely N-dealkylation sites (N-methyl/N-ethyl adjacent to an activating group) is 1. The molecule has 1 aromatic carbocycles. The fourth-order valence-corrected chi connectivity index (χ4v) is 3.70. The number of rotatable bonds is 2. The Balaban J connectivity index is 1.86. The highest BCUT2D eigenvalue weighted by atomic mass is 35.5. The summed E-state index contributed by atoms with van der Waals surface area (Å²) in [6, 6.07) is 4.16. The Hall–Kier alpha value is -0.745. The molecular weight excluding hydrogens is 322 g/mol. The van der Waals surface area contributed by atoms with E-state index in [-0.39, 0.29) is 18.3 Å². The quantitative estimate of drug-likeness (QED) is 0.766. The van der Waals surface area contributed by atoms with E-state index < -0.39 is 0 Å². The number of piperazine rings is 1.